The smallest absolute Gasteiger partial charge is 0.328 e. The van der Waals surface area contributed by atoms with E-state index in [2.05, 4.69) is 10.6 Å². The molecule has 1 heterocycles. The highest BCUT2D eigenvalue weighted by molar-refractivity contribution is 7.98. The summed E-state index contributed by atoms with van der Waals surface area (Å²) in [5.41, 5.74) is 0.725. The molecule has 2 N–H and O–H groups in total. The highest BCUT2D eigenvalue weighted by Gasteiger charge is 2.38. The van der Waals surface area contributed by atoms with Crippen molar-refractivity contribution in [1.29, 1.82) is 0 Å². The van der Waals surface area contributed by atoms with Gasteiger partial charge in [0.2, 0.25) is 11.8 Å². The van der Waals surface area contributed by atoms with Gasteiger partial charge in [-0.1, -0.05) is 30.3 Å². The van der Waals surface area contributed by atoms with E-state index in [9.17, 15) is 14.4 Å². The Morgan fingerprint density at radius 1 is 1.33 bits per heavy atom. The lowest BCUT2D eigenvalue weighted by Gasteiger charge is -2.29. The molecule has 2 atom stereocenters. The number of hydrogen-bond acceptors (Lipinski definition) is 5. The van der Waals surface area contributed by atoms with Gasteiger partial charge in [0.05, 0.1) is 7.11 Å². The van der Waals surface area contributed by atoms with Gasteiger partial charge >= 0.3 is 5.97 Å². The second kappa shape index (κ2) is 10.3. The summed E-state index contributed by atoms with van der Waals surface area (Å²) in [5, 5.41) is 5.86. The zero-order chi connectivity index (χ0) is 19.7. The molecule has 2 rings (SSSR count). The van der Waals surface area contributed by atoms with Crippen molar-refractivity contribution < 1.29 is 19.1 Å². The predicted octanol–water partition coefficient (Wildman–Crippen LogP) is 2.07. The molecule has 7 heteroatoms. The van der Waals surface area contributed by atoms with Gasteiger partial charge in [0.15, 0.2) is 0 Å². The maximum Gasteiger partial charge on any atom is 0.328 e. The standard InChI is InChI=1S/C20H28N2O4S/c1-26-19(25)16(10-13-27-2)21-17(23)8-11-20(12-9-18(24)22-20)14-15-6-4-3-5-7-15/h3-7,16H,8-14H2,1-2H3,(H,21,23)(H,22,24)/t16-,20+/m0/s1. The van der Waals surface area contributed by atoms with Gasteiger partial charge in [-0.2, -0.15) is 11.8 Å². The number of thioether (sulfide) groups is 1. The van der Waals surface area contributed by atoms with Crippen LogP contribution in [0.3, 0.4) is 0 Å². The van der Waals surface area contributed by atoms with Crippen LogP contribution in [0.2, 0.25) is 0 Å². The fraction of sp³-hybridized carbons (Fsp3) is 0.550. The molecular weight excluding hydrogens is 364 g/mol. The third-order valence-corrected chi connectivity index (χ3v) is 5.53. The van der Waals surface area contributed by atoms with Crippen LogP contribution in [0.15, 0.2) is 30.3 Å². The average Bonchev–Trinajstić information content (AvgIpc) is 3.04. The van der Waals surface area contributed by atoms with Crippen LogP contribution in [0.1, 0.15) is 37.7 Å². The number of hydrogen-bond donors (Lipinski definition) is 2. The topological polar surface area (TPSA) is 84.5 Å². The van der Waals surface area contributed by atoms with Crippen LogP contribution in [-0.2, 0) is 25.5 Å². The predicted molar refractivity (Wildman–Crippen MR) is 106 cm³/mol. The summed E-state index contributed by atoms with van der Waals surface area (Å²) < 4.78 is 4.78. The molecule has 0 aromatic heterocycles. The summed E-state index contributed by atoms with van der Waals surface area (Å²) in [6, 6.07) is 9.33. The molecule has 0 spiro atoms. The first-order valence-corrected chi connectivity index (χ1v) is 10.6. The SMILES string of the molecule is COC(=O)[C@H](CCSC)NC(=O)CC[C@]1(Cc2ccccc2)CCC(=O)N1. The Labute approximate surface area is 164 Å². The molecule has 1 aromatic rings. The highest BCUT2D eigenvalue weighted by atomic mass is 32.2. The van der Waals surface area contributed by atoms with Gasteiger partial charge < -0.3 is 15.4 Å². The molecule has 0 bridgehead atoms. The number of nitrogens with one attached hydrogen (secondary N) is 2. The summed E-state index contributed by atoms with van der Waals surface area (Å²) in [6.07, 6.45) is 5.15. The first-order chi connectivity index (χ1) is 13.0. The number of esters is 1. The van der Waals surface area contributed by atoms with Gasteiger partial charge in [-0.05, 0) is 43.3 Å². The van der Waals surface area contributed by atoms with Crippen LogP contribution in [-0.4, -0.2) is 48.5 Å². The largest absolute Gasteiger partial charge is 0.467 e. The first-order valence-electron chi connectivity index (χ1n) is 9.19. The third kappa shape index (κ3) is 6.57. The molecule has 1 fully saturated rings. The third-order valence-electron chi connectivity index (χ3n) is 4.88. The van der Waals surface area contributed by atoms with E-state index in [0.29, 0.717) is 32.1 Å². The zero-order valence-electron chi connectivity index (χ0n) is 16.0. The molecule has 0 aliphatic carbocycles. The van der Waals surface area contributed by atoms with Gasteiger partial charge in [0, 0.05) is 18.4 Å². The quantitative estimate of drug-likeness (QED) is 0.596. The van der Waals surface area contributed by atoms with Crippen molar-refractivity contribution in [2.24, 2.45) is 0 Å². The Morgan fingerprint density at radius 2 is 2.07 bits per heavy atom. The van der Waals surface area contributed by atoms with Crippen molar-refractivity contribution in [3.63, 3.8) is 0 Å². The molecular formula is C20H28N2O4S. The Bertz CT molecular complexity index is 653. The Hall–Kier alpha value is -2.02. The van der Waals surface area contributed by atoms with E-state index in [4.69, 9.17) is 4.74 Å². The van der Waals surface area contributed by atoms with E-state index in [0.717, 1.165) is 11.3 Å². The molecule has 1 aliphatic heterocycles. The van der Waals surface area contributed by atoms with Crippen molar-refractivity contribution in [3.05, 3.63) is 35.9 Å². The molecule has 27 heavy (non-hydrogen) atoms. The Balaban J connectivity index is 1.96. The van der Waals surface area contributed by atoms with Crippen molar-refractivity contribution in [1.82, 2.24) is 10.6 Å². The van der Waals surface area contributed by atoms with E-state index in [1.165, 1.54) is 7.11 Å². The summed E-state index contributed by atoms with van der Waals surface area (Å²) >= 11 is 1.61. The minimum Gasteiger partial charge on any atom is -0.467 e. The molecule has 1 aromatic carbocycles. The summed E-state index contributed by atoms with van der Waals surface area (Å²) in [6.45, 7) is 0. The van der Waals surface area contributed by atoms with Crippen LogP contribution in [0.25, 0.3) is 0 Å². The van der Waals surface area contributed by atoms with E-state index in [-0.39, 0.29) is 18.2 Å². The summed E-state index contributed by atoms with van der Waals surface area (Å²) in [4.78, 5) is 36.1. The van der Waals surface area contributed by atoms with E-state index in [1.54, 1.807) is 11.8 Å². The summed E-state index contributed by atoms with van der Waals surface area (Å²) in [7, 11) is 1.32. The maximum absolute atomic E-state index is 12.4. The Morgan fingerprint density at radius 3 is 2.67 bits per heavy atom. The van der Waals surface area contributed by atoms with Crippen LogP contribution >= 0.6 is 11.8 Å². The van der Waals surface area contributed by atoms with Gasteiger partial charge in [0.25, 0.3) is 0 Å². The van der Waals surface area contributed by atoms with E-state index < -0.39 is 17.6 Å². The molecule has 0 saturated carbocycles. The van der Waals surface area contributed by atoms with Gasteiger partial charge in [-0.15, -0.1) is 0 Å². The molecule has 6 nitrogen and oxygen atoms in total. The number of amides is 2. The van der Waals surface area contributed by atoms with Crippen molar-refractivity contribution in [2.75, 3.05) is 19.1 Å². The van der Waals surface area contributed by atoms with Crippen LogP contribution in [0.4, 0.5) is 0 Å². The fourth-order valence-electron chi connectivity index (χ4n) is 3.41. The van der Waals surface area contributed by atoms with Crippen LogP contribution in [0, 0.1) is 0 Å². The molecule has 1 saturated heterocycles. The molecule has 0 radical (unpaired) electrons. The van der Waals surface area contributed by atoms with Crippen molar-refractivity contribution >= 4 is 29.5 Å². The molecule has 2 amide bonds. The fourth-order valence-corrected chi connectivity index (χ4v) is 3.89. The normalized spacial score (nSPS) is 20.0. The van der Waals surface area contributed by atoms with Crippen LogP contribution < -0.4 is 10.6 Å². The highest BCUT2D eigenvalue weighted by Crippen LogP contribution is 2.29. The minimum absolute atomic E-state index is 0.0266. The lowest BCUT2D eigenvalue weighted by molar-refractivity contribution is -0.145. The van der Waals surface area contributed by atoms with Crippen molar-refractivity contribution in [2.45, 2.75) is 50.1 Å². The van der Waals surface area contributed by atoms with Crippen molar-refractivity contribution in [3.8, 4) is 0 Å². The Kier molecular flexibility index (Phi) is 8.16. The van der Waals surface area contributed by atoms with Gasteiger partial charge in [-0.3, -0.25) is 9.59 Å². The van der Waals surface area contributed by atoms with E-state index >= 15 is 0 Å². The number of methoxy groups -OCH3 is 1. The summed E-state index contributed by atoms with van der Waals surface area (Å²) in [5.74, 6) is 0.165. The van der Waals surface area contributed by atoms with Gasteiger partial charge in [0.1, 0.15) is 6.04 Å². The molecule has 1 aliphatic rings. The van der Waals surface area contributed by atoms with Gasteiger partial charge in [-0.25, -0.2) is 4.79 Å². The maximum atomic E-state index is 12.4. The second-order valence-electron chi connectivity index (χ2n) is 6.92. The molecule has 148 valence electrons. The lowest BCUT2D eigenvalue weighted by Crippen LogP contribution is -2.46. The number of carbonyl (C=O) groups excluding carboxylic acids is 3. The average molecular weight is 393 g/mol. The monoisotopic (exact) mass is 392 g/mol. The first kappa shape index (κ1) is 21.3. The second-order valence-corrected chi connectivity index (χ2v) is 7.90. The number of ether oxygens (including phenoxy) is 1. The van der Waals surface area contributed by atoms with E-state index in [1.807, 2.05) is 36.6 Å². The number of carbonyl (C=O) groups is 3. The number of benzene rings is 1. The molecule has 0 unspecified atom stereocenters. The zero-order valence-corrected chi connectivity index (χ0v) is 16.8. The lowest BCUT2D eigenvalue weighted by atomic mass is 9.85. The minimum atomic E-state index is -0.627. The van der Waals surface area contributed by atoms with Crippen LogP contribution in [0.5, 0.6) is 0 Å². The number of rotatable bonds is 10.